The van der Waals surface area contributed by atoms with Crippen LogP contribution in [0.4, 0.5) is 0 Å². The number of nitriles is 1. The monoisotopic (exact) mass is 189 g/mol. The smallest absolute Gasteiger partial charge is 0.0761 e. The highest BCUT2D eigenvalue weighted by atomic mass is 16.3. The van der Waals surface area contributed by atoms with Gasteiger partial charge in [0.1, 0.15) is 0 Å². The second-order valence-corrected chi connectivity index (χ2v) is 3.65. The fourth-order valence-corrected chi connectivity index (χ4v) is 1.33. The molecule has 0 heterocycles. The Morgan fingerprint density at radius 2 is 1.86 bits per heavy atom. The average molecular weight is 189 g/mol. The van der Waals surface area contributed by atoms with E-state index in [4.69, 9.17) is 5.26 Å². The molecule has 0 aliphatic heterocycles. The van der Waals surface area contributed by atoms with E-state index in [9.17, 15) is 5.11 Å². The fourth-order valence-electron chi connectivity index (χ4n) is 1.33. The van der Waals surface area contributed by atoms with Crippen molar-refractivity contribution in [3.63, 3.8) is 0 Å². The van der Waals surface area contributed by atoms with Gasteiger partial charge in [0.2, 0.25) is 0 Å². The van der Waals surface area contributed by atoms with E-state index < -0.39 is 6.10 Å². The Morgan fingerprint density at radius 1 is 1.29 bits per heavy atom. The molecule has 0 bridgehead atoms. The van der Waals surface area contributed by atoms with E-state index in [1.807, 2.05) is 31.2 Å². The highest BCUT2D eigenvalue weighted by Gasteiger charge is 2.03. The second-order valence-electron chi connectivity index (χ2n) is 3.65. The predicted molar refractivity (Wildman–Crippen MR) is 55.6 cm³/mol. The molecule has 2 heteroatoms. The minimum absolute atomic E-state index is 0.0485. The van der Waals surface area contributed by atoms with E-state index in [-0.39, 0.29) is 5.92 Å². The van der Waals surface area contributed by atoms with Crippen LogP contribution in [0.25, 0.3) is 0 Å². The Labute approximate surface area is 84.8 Å². The van der Waals surface area contributed by atoms with Crippen LogP contribution in [-0.4, -0.2) is 5.11 Å². The molecule has 0 saturated heterocycles. The Morgan fingerprint density at radius 3 is 2.29 bits per heavy atom. The number of hydrogen-bond donors (Lipinski definition) is 1. The van der Waals surface area contributed by atoms with Crippen molar-refractivity contribution in [3.8, 4) is 6.07 Å². The highest BCUT2D eigenvalue weighted by Crippen LogP contribution is 2.14. The van der Waals surface area contributed by atoms with Crippen LogP contribution >= 0.6 is 0 Å². The Balaban J connectivity index is 2.70. The Kier molecular flexibility index (Phi) is 3.67. The van der Waals surface area contributed by atoms with Crippen molar-refractivity contribution in [3.05, 3.63) is 35.4 Å². The van der Waals surface area contributed by atoms with Crippen LogP contribution in [0.1, 0.15) is 31.1 Å². The largest absolute Gasteiger partial charge is 0.389 e. The van der Waals surface area contributed by atoms with Crippen molar-refractivity contribution >= 4 is 0 Å². The maximum atomic E-state index is 9.29. The average Bonchev–Trinajstić information content (AvgIpc) is 2.18. The van der Waals surface area contributed by atoms with Gasteiger partial charge in [-0.25, -0.2) is 0 Å². The molecular weight excluding hydrogens is 174 g/mol. The van der Waals surface area contributed by atoms with E-state index in [1.54, 1.807) is 6.92 Å². The van der Waals surface area contributed by atoms with Crippen molar-refractivity contribution in [1.29, 1.82) is 5.26 Å². The van der Waals surface area contributed by atoms with Crippen molar-refractivity contribution in [2.24, 2.45) is 5.92 Å². The number of nitrogens with zero attached hydrogens (tertiary/aromatic N) is 1. The fraction of sp³-hybridized carbons (Fsp3) is 0.417. The molecule has 1 rings (SSSR count). The molecule has 0 spiro atoms. The zero-order valence-corrected chi connectivity index (χ0v) is 8.57. The van der Waals surface area contributed by atoms with Gasteiger partial charge < -0.3 is 5.11 Å². The third-order valence-electron chi connectivity index (χ3n) is 2.22. The quantitative estimate of drug-likeness (QED) is 0.793. The van der Waals surface area contributed by atoms with Crippen LogP contribution in [0.2, 0.25) is 0 Å². The first-order valence-corrected chi connectivity index (χ1v) is 4.80. The molecular formula is C12H15NO. The summed E-state index contributed by atoms with van der Waals surface area (Å²) in [6, 6.07) is 9.95. The Hall–Kier alpha value is -1.33. The molecule has 14 heavy (non-hydrogen) atoms. The molecule has 1 aromatic rings. The molecule has 0 amide bonds. The molecule has 0 radical (unpaired) electrons. The molecule has 0 saturated carbocycles. The first-order chi connectivity index (χ1) is 6.63. The first-order valence-electron chi connectivity index (χ1n) is 4.80. The lowest BCUT2D eigenvalue weighted by molar-refractivity contribution is 0.199. The predicted octanol–water partition coefficient (Wildman–Crippen LogP) is 2.44. The summed E-state index contributed by atoms with van der Waals surface area (Å²) < 4.78 is 0. The number of aliphatic hydroxyl groups excluding tert-OH is 1. The zero-order valence-electron chi connectivity index (χ0n) is 8.57. The topological polar surface area (TPSA) is 44.0 Å². The minimum Gasteiger partial charge on any atom is -0.389 e. The van der Waals surface area contributed by atoms with E-state index >= 15 is 0 Å². The van der Waals surface area contributed by atoms with Gasteiger partial charge in [-0.15, -0.1) is 0 Å². The lowest BCUT2D eigenvalue weighted by Crippen LogP contribution is -1.97. The van der Waals surface area contributed by atoms with Crippen molar-refractivity contribution in [2.45, 2.75) is 26.4 Å². The van der Waals surface area contributed by atoms with Gasteiger partial charge in [0.25, 0.3) is 0 Å². The maximum Gasteiger partial charge on any atom is 0.0761 e. The number of benzene rings is 1. The van der Waals surface area contributed by atoms with Crippen LogP contribution in [-0.2, 0) is 6.42 Å². The second kappa shape index (κ2) is 4.78. The summed E-state index contributed by atoms with van der Waals surface area (Å²) in [5.41, 5.74) is 2.06. The van der Waals surface area contributed by atoms with Gasteiger partial charge in [0, 0.05) is 5.92 Å². The zero-order chi connectivity index (χ0) is 10.6. The number of rotatable bonds is 3. The van der Waals surface area contributed by atoms with Gasteiger partial charge in [-0.05, 0) is 31.4 Å². The minimum atomic E-state index is -0.419. The molecule has 2 nitrogen and oxygen atoms in total. The van der Waals surface area contributed by atoms with Gasteiger partial charge in [-0.1, -0.05) is 24.3 Å². The van der Waals surface area contributed by atoms with Crippen LogP contribution in [0.15, 0.2) is 24.3 Å². The third-order valence-corrected chi connectivity index (χ3v) is 2.22. The van der Waals surface area contributed by atoms with Crippen LogP contribution in [0, 0.1) is 17.2 Å². The summed E-state index contributed by atoms with van der Waals surface area (Å²) in [6.07, 6.45) is 0.355. The summed E-state index contributed by atoms with van der Waals surface area (Å²) in [5, 5.41) is 17.9. The van der Waals surface area contributed by atoms with Crippen LogP contribution in [0.5, 0.6) is 0 Å². The summed E-state index contributed by atoms with van der Waals surface area (Å²) in [7, 11) is 0. The van der Waals surface area contributed by atoms with Crippen molar-refractivity contribution in [1.82, 2.24) is 0 Å². The number of aliphatic hydroxyl groups is 1. The standard InChI is InChI=1S/C12H15NO/c1-9(8-13)7-11-3-5-12(6-4-11)10(2)14/h3-6,9-10,14H,7H2,1-2H3/t9-,10?/m0/s1. The number of hydrogen-bond acceptors (Lipinski definition) is 2. The molecule has 0 aliphatic carbocycles. The van der Waals surface area contributed by atoms with E-state index in [0.717, 1.165) is 17.5 Å². The van der Waals surface area contributed by atoms with E-state index in [2.05, 4.69) is 6.07 Å². The molecule has 1 unspecified atom stereocenters. The van der Waals surface area contributed by atoms with Crippen LogP contribution in [0.3, 0.4) is 0 Å². The van der Waals surface area contributed by atoms with Gasteiger partial charge in [-0.2, -0.15) is 5.26 Å². The normalized spacial score (nSPS) is 14.4. The Bertz CT molecular complexity index is 321. The van der Waals surface area contributed by atoms with Gasteiger partial charge >= 0.3 is 0 Å². The summed E-state index contributed by atoms with van der Waals surface area (Å²) in [4.78, 5) is 0. The van der Waals surface area contributed by atoms with Crippen LogP contribution < -0.4 is 0 Å². The molecule has 0 aliphatic rings. The molecule has 1 N–H and O–H groups in total. The lowest BCUT2D eigenvalue weighted by Gasteiger charge is -2.06. The summed E-state index contributed by atoms with van der Waals surface area (Å²) in [6.45, 7) is 3.65. The van der Waals surface area contributed by atoms with E-state index in [0.29, 0.717) is 0 Å². The molecule has 2 atom stereocenters. The highest BCUT2D eigenvalue weighted by molar-refractivity contribution is 5.24. The SMILES string of the molecule is CC(O)c1ccc(C[C@H](C)C#N)cc1. The molecule has 0 aromatic heterocycles. The van der Waals surface area contributed by atoms with Gasteiger partial charge in [0.15, 0.2) is 0 Å². The van der Waals surface area contributed by atoms with Gasteiger partial charge in [0.05, 0.1) is 12.2 Å². The third kappa shape index (κ3) is 2.86. The summed E-state index contributed by atoms with van der Waals surface area (Å²) in [5.74, 6) is 0.0485. The van der Waals surface area contributed by atoms with E-state index in [1.165, 1.54) is 0 Å². The molecule has 74 valence electrons. The molecule has 0 fully saturated rings. The lowest BCUT2D eigenvalue weighted by atomic mass is 10.0. The summed E-state index contributed by atoms with van der Waals surface area (Å²) >= 11 is 0. The van der Waals surface area contributed by atoms with Crippen molar-refractivity contribution < 1.29 is 5.11 Å². The molecule has 1 aromatic carbocycles. The van der Waals surface area contributed by atoms with Gasteiger partial charge in [-0.3, -0.25) is 0 Å². The first kappa shape index (κ1) is 10.7. The maximum absolute atomic E-state index is 9.29. The van der Waals surface area contributed by atoms with Crippen molar-refractivity contribution in [2.75, 3.05) is 0 Å².